The van der Waals surface area contributed by atoms with Crippen LogP contribution in [0.5, 0.6) is 0 Å². The number of nitrogens with one attached hydrogen (secondary N) is 1. The second kappa shape index (κ2) is 5.07. The van der Waals surface area contributed by atoms with Gasteiger partial charge in [-0.2, -0.15) is 0 Å². The molecule has 1 N–H and O–H groups in total. The van der Waals surface area contributed by atoms with Crippen LogP contribution in [0.15, 0.2) is 30.5 Å². The summed E-state index contributed by atoms with van der Waals surface area (Å²) in [5.74, 6) is 1.47. The van der Waals surface area contributed by atoms with E-state index in [4.69, 9.17) is 0 Å². The van der Waals surface area contributed by atoms with E-state index in [0.29, 0.717) is 11.4 Å². The van der Waals surface area contributed by atoms with Crippen molar-refractivity contribution in [2.45, 2.75) is 19.8 Å². The summed E-state index contributed by atoms with van der Waals surface area (Å²) in [7, 11) is 0. The first-order chi connectivity index (χ1) is 9.66. The molecule has 0 radical (unpaired) electrons. The Kier molecular flexibility index (Phi) is 3.26. The molecule has 0 aliphatic heterocycles. The Bertz CT molecular complexity index is 653. The first-order valence-electron chi connectivity index (χ1n) is 6.93. The number of nitro groups is 1. The Morgan fingerprint density at radius 2 is 2.25 bits per heavy atom. The molecule has 1 aromatic heterocycles. The Morgan fingerprint density at radius 3 is 2.95 bits per heavy atom. The molecular formula is C15H17N3O2. The van der Waals surface area contributed by atoms with Gasteiger partial charge in [0.05, 0.1) is 4.92 Å². The van der Waals surface area contributed by atoms with E-state index in [1.54, 1.807) is 12.3 Å². The van der Waals surface area contributed by atoms with Crippen LogP contribution in [-0.2, 0) is 0 Å². The van der Waals surface area contributed by atoms with Gasteiger partial charge in [0.25, 0.3) is 5.69 Å². The fourth-order valence-corrected chi connectivity index (χ4v) is 2.56. The first kappa shape index (κ1) is 12.8. The van der Waals surface area contributed by atoms with E-state index in [1.165, 1.54) is 18.9 Å². The van der Waals surface area contributed by atoms with Crippen molar-refractivity contribution in [3.8, 4) is 0 Å². The molecule has 0 bridgehead atoms. The monoisotopic (exact) mass is 271 g/mol. The third-order valence-corrected chi connectivity index (χ3v) is 3.99. The zero-order valence-electron chi connectivity index (χ0n) is 11.4. The van der Waals surface area contributed by atoms with Crippen molar-refractivity contribution < 1.29 is 4.92 Å². The highest BCUT2D eigenvalue weighted by Crippen LogP contribution is 2.37. The number of aromatic nitrogens is 1. The minimum atomic E-state index is -0.383. The lowest BCUT2D eigenvalue weighted by Gasteiger charge is -2.14. The Balaban J connectivity index is 1.90. The highest BCUT2D eigenvalue weighted by atomic mass is 16.6. The van der Waals surface area contributed by atoms with E-state index in [9.17, 15) is 10.1 Å². The van der Waals surface area contributed by atoms with Crippen molar-refractivity contribution in [1.29, 1.82) is 0 Å². The number of nitro benzene ring substituents is 1. The van der Waals surface area contributed by atoms with Gasteiger partial charge in [0.15, 0.2) is 0 Å². The van der Waals surface area contributed by atoms with E-state index in [0.717, 1.165) is 23.5 Å². The Morgan fingerprint density at radius 1 is 1.45 bits per heavy atom. The Labute approximate surface area is 117 Å². The molecule has 1 fully saturated rings. The summed E-state index contributed by atoms with van der Waals surface area (Å²) in [6.07, 6.45) is 4.27. The number of anilines is 1. The third-order valence-electron chi connectivity index (χ3n) is 3.99. The van der Waals surface area contributed by atoms with Gasteiger partial charge >= 0.3 is 0 Å². The van der Waals surface area contributed by atoms with Crippen molar-refractivity contribution in [2.75, 3.05) is 11.9 Å². The standard InChI is InChI=1S/C15H17N3O2/c1-10(11-5-6-11)9-17-13-7-8-16-15-12(13)3-2-4-14(15)18(19)20/h2-4,7-8,10-11H,5-6,9H2,1H3,(H,16,17). The zero-order chi connectivity index (χ0) is 14.1. The number of para-hydroxylation sites is 1. The molecule has 5 nitrogen and oxygen atoms in total. The van der Waals surface area contributed by atoms with E-state index >= 15 is 0 Å². The molecule has 1 unspecified atom stereocenters. The second-order valence-corrected chi connectivity index (χ2v) is 5.48. The zero-order valence-corrected chi connectivity index (χ0v) is 11.4. The SMILES string of the molecule is CC(CNc1ccnc2c([N+](=O)[O-])cccc12)C1CC1. The maximum atomic E-state index is 11.0. The van der Waals surface area contributed by atoms with Crippen LogP contribution in [0.3, 0.4) is 0 Å². The van der Waals surface area contributed by atoms with Crippen LogP contribution in [0.25, 0.3) is 10.9 Å². The number of hydrogen-bond acceptors (Lipinski definition) is 4. The third kappa shape index (κ3) is 2.43. The molecule has 1 atom stereocenters. The average Bonchev–Trinajstić information content (AvgIpc) is 3.28. The van der Waals surface area contributed by atoms with Crippen LogP contribution in [0.1, 0.15) is 19.8 Å². The van der Waals surface area contributed by atoms with E-state index in [1.807, 2.05) is 12.1 Å². The summed E-state index contributed by atoms with van der Waals surface area (Å²) in [4.78, 5) is 14.8. The van der Waals surface area contributed by atoms with Crippen LogP contribution < -0.4 is 5.32 Å². The number of pyridine rings is 1. The molecule has 1 aromatic carbocycles. The fourth-order valence-electron chi connectivity index (χ4n) is 2.56. The molecule has 104 valence electrons. The lowest BCUT2D eigenvalue weighted by atomic mass is 10.1. The van der Waals surface area contributed by atoms with E-state index in [-0.39, 0.29) is 10.6 Å². The van der Waals surface area contributed by atoms with Gasteiger partial charge in [-0.3, -0.25) is 10.1 Å². The smallest absolute Gasteiger partial charge is 0.295 e. The van der Waals surface area contributed by atoms with Gasteiger partial charge in [0.2, 0.25) is 0 Å². The maximum Gasteiger partial charge on any atom is 0.295 e. The highest BCUT2D eigenvalue weighted by Gasteiger charge is 2.27. The highest BCUT2D eigenvalue weighted by molar-refractivity contribution is 5.96. The quantitative estimate of drug-likeness (QED) is 0.666. The Hall–Kier alpha value is -2.17. The molecule has 1 saturated carbocycles. The first-order valence-corrected chi connectivity index (χ1v) is 6.93. The molecule has 1 aliphatic rings. The van der Waals surface area contributed by atoms with Gasteiger partial charge in [-0.1, -0.05) is 19.1 Å². The molecule has 0 spiro atoms. The van der Waals surface area contributed by atoms with Crippen LogP contribution >= 0.6 is 0 Å². The number of benzene rings is 1. The van der Waals surface area contributed by atoms with Gasteiger partial charge in [0.1, 0.15) is 5.52 Å². The van der Waals surface area contributed by atoms with Crippen LogP contribution in [-0.4, -0.2) is 16.5 Å². The number of hydrogen-bond donors (Lipinski definition) is 1. The predicted octanol–water partition coefficient (Wildman–Crippen LogP) is 3.60. The normalized spacial score (nSPS) is 16.1. The summed E-state index contributed by atoms with van der Waals surface area (Å²) in [6.45, 7) is 3.14. The van der Waals surface area contributed by atoms with Crippen LogP contribution in [0, 0.1) is 22.0 Å². The summed E-state index contributed by atoms with van der Waals surface area (Å²) < 4.78 is 0. The summed E-state index contributed by atoms with van der Waals surface area (Å²) in [5, 5.41) is 15.3. The number of nitrogens with zero attached hydrogens (tertiary/aromatic N) is 2. The molecule has 1 heterocycles. The van der Waals surface area contributed by atoms with E-state index in [2.05, 4.69) is 17.2 Å². The van der Waals surface area contributed by atoms with Gasteiger partial charge in [-0.25, -0.2) is 4.98 Å². The maximum absolute atomic E-state index is 11.0. The topological polar surface area (TPSA) is 68.1 Å². The molecular weight excluding hydrogens is 254 g/mol. The molecule has 3 rings (SSSR count). The number of rotatable bonds is 5. The second-order valence-electron chi connectivity index (χ2n) is 5.48. The molecule has 2 aromatic rings. The summed E-state index contributed by atoms with van der Waals surface area (Å²) >= 11 is 0. The lowest BCUT2D eigenvalue weighted by Crippen LogP contribution is -2.13. The molecule has 1 aliphatic carbocycles. The van der Waals surface area contributed by atoms with Crippen molar-refractivity contribution in [3.05, 3.63) is 40.6 Å². The van der Waals surface area contributed by atoms with Gasteiger partial charge < -0.3 is 5.32 Å². The van der Waals surface area contributed by atoms with Crippen molar-refractivity contribution in [2.24, 2.45) is 11.8 Å². The minimum Gasteiger partial charge on any atom is -0.384 e. The van der Waals surface area contributed by atoms with Gasteiger partial charge in [-0.15, -0.1) is 0 Å². The molecule has 0 amide bonds. The molecule has 0 saturated heterocycles. The van der Waals surface area contributed by atoms with E-state index < -0.39 is 0 Å². The predicted molar refractivity (Wildman–Crippen MR) is 78.8 cm³/mol. The van der Waals surface area contributed by atoms with Gasteiger partial charge in [0, 0.05) is 29.9 Å². The van der Waals surface area contributed by atoms with Crippen molar-refractivity contribution in [1.82, 2.24) is 4.98 Å². The lowest BCUT2D eigenvalue weighted by molar-refractivity contribution is -0.383. The average molecular weight is 271 g/mol. The number of fused-ring (bicyclic) bond motifs is 1. The summed E-state index contributed by atoms with van der Waals surface area (Å²) in [5.41, 5.74) is 1.43. The molecule has 5 heteroatoms. The minimum absolute atomic E-state index is 0.0568. The van der Waals surface area contributed by atoms with Crippen molar-refractivity contribution >= 4 is 22.3 Å². The molecule has 20 heavy (non-hydrogen) atoms. The van der Waals surface area contributed by atoms with Crippen LogP contribution in [0.4, 0.5) is 11.4 Å². The van der Waals surface area contributed by atoms with Gasteiger partial charge in [-0.05, 0) is 30.7 Å². The summed E-state index contributed by atoms with van der Waals surface area (Å²) in [6, 6.07) is 6.95. The van der Waals surface area contributed by atoms with Crippen LogP contribution in [0.2, 0.25) is 0 Å². The fraction of sp³-hybridized carbons (Fsp3) is 0.400. The van der Waals surface area contributed by atoms with Crippen molar-refractivity contribution in [3.63, 3.8) is 0 Å². The largest absolute Gasteiger partial charge is 0.384 e. The number of non-ortho nitro benzene ring substituents is 1.